The molecule has 0 N–H and O–H groups in total. The molecule has 1 fully saturated rings. The van der Waals surface area contributed by atoms with Gasteiger partial charge in [0, 0.05) is 19.7 Å². The third-order valence-corrected chi connectivity index (χ3v) is 3.49. The second-order valence-corrected chi connectivity index (χ2v) is 4.96. The molecule has 5 nitrogen and oxygen atoms in total. The van der Waals surface area contributed by atoms with Gasteiger partial charge in [-0.1, -0.05) is 12.1 Å². The minimum Gasteiger partial charge on any atom is -0.482 e. The van der Waals surface area contributed by atoms with Crippen molar-refractivity contribution in [3.63, 3.8) is 0 Å². The largest absolute Gasteiger partial charge is 0.482 e. The predicted molar refractivity (Wildman–Crippen MR) is 77.9 cm³/mol. The molecule has 1 aliphatic heterocycles. The number of rotatable bonds is 5. The number of carbonyl (C=O) groups excluding carboxylic acids is 1. The standard InChI is InChI=1S/C16H20N2O3/c1-2-20-14-7-5-9-18(11-14)16(19)12-21-15-8-4-3-6-13(15)10-17/h3-4,6,8,14H,2,5,7,9,11-12H2,1H3. The molecule has 1 aliphatic rings. The van der Waals surface area contributed by atoms with Gasteiger partial charge in [0.15, 0.2) is 6.61 Å². The number of likely N-dealkylation sites (tertiary alicyclic amines) is 1. The third kappa shape index (κ3) is 4.20. The Morgan fingerprint density at radius 1 is 1.48 bits per heavy atom. The summed E-state index contributed by atoms with van der Waals surface area (Å²) in [6.45, 7) is 3.95. The molecule has 1 saturated heterocycles. The zero-order valence-corrected chi connectivity index (χ0v) is 12.2. The SMILES string of the molecule is CCOC1CCCN(C(=O)COc2ccccc2C#N)C1. The first kappa shape index (κ1) is 15.3. The smallest absolute Gasteiger partial charge is 0.260 e. The topological polar surface area (TPSA) is 62.6 Å². The Morgan fingerprint density at radius 2 is 2.29 bits per heavy atom. The van der Waals surface area contributed by atoms with Crippen molar-refractivity contribution in [3.05, 3.63) is 29.8 Å². The van der Waals surface area contributed by atoms with E-state index in [4.69, 9.17) is 14.7 Å². The summed E-state index contributed by atoms with van der Waals surface area (Å²) in [4.78, 5) is 14.0. The maximum absolute atomic E-state index is 12.2. The van der Waals surface area contributed by atoms with Crippen molar-refractivity contribution in [1.29, 1.82) is 5.26 Å². The molecule has 0 aliphatic carbocycles. The molecule has 1 aromatic carbocycles. The minimum absolute atomic E-state index is 0.0441. The molecule has 0 spiro atoms. The summed E-state index contributed by atoms with van der Waals surface area (Å²) in [5, 5.41) is 8.98. The van der Waals surface area contributed by atoms with E-state index in [0.717, 1.165) is 19.4 Å². The van der Waals surface area contributed by atoms with Crippen LogP contribution in [0.25, 0.3) is 0 Å². The van der Waals surface area contributed by atoms with Crippen LogP contribution in [0.3, 0.4) is 0 Å². The number of ether oxygens (including phenoxy) is 2. The molecule has 1 aromatic rings. The third-order valence-electron chi connectivity index (χ3n) is 3.49. The maximum atomic E-state index is 12.2. The maximum Gasteiger partial charge on any atom is 0.260 e. The van der Waals surface area contributed by atoms with Crippen molar-refractivity contribution in [2.45, 2.75) is 25.9 Å². The van der Waals surface area contributed by atoms with Crippen LogP contribution in [-0.2, 0) is 9.53 Å². The second-order valence-electron chi connectivity index (χ2n) is 4.96. The molecule has 1 atom stereocenters. The molecule has 2 rings (SSSR count). The molecule has 0 radical (unpaired) electrons. The molecule has 0 aromatic heterocycles. The van der Waals surface area contributed by atoms with Gasteiger partial charge in [0.1, 0.15) is 11.8 Å². The first-order valence-corrected chi connectivity index (χ1v) is 7.26. The highest BCUT2D eigenvalue weighted by Crippen LogP contribution is 2.17. The van der Waals surface area contributed by atoms with E-state index in [0.29, 0.717) is 24.5 Å². The van der Waals surface area contributed by atoms with E-state index in [-0.39, 0.29) is 18.6 Å². The van der Waals surface area contributed by atoms with Crippen LogP contribution < -0.4 is 4.74 Å². The Kier molecular flexibility index (Phi) is 5.59. The summed E-state index contributed by atoms with van der Waals surface area (Å²) in [7, 11) is 0. The average molecular weight is 288 g/mol. The van der Waals surface area contributed by atoms with E-state index in [2.05, 4.69) is 6.07 Å². The van der Waals surface area contributed by atoms with Crippen molar-refractivity contribution in [2.24, 2.45) is 0 Å². The zero-order chi connectivity index (χ0) is 15.1. The van der Waals surface area contributed by atoms with Gasteiger partial charge >= 0.3 is 0 Å². The number of benzene rings is 1. The van der Waals surface area contributed by atoms with Crippen molar-refractivity contribution < 1.29 is 14.3 Å². The van der Waals surface area contributed by atoms with Crippen LogP contribution in [0, 0.1) is 11.3 Å². The molecule has 21 heavy (non-hydrogen) atoms. The van der Waals surface area contributed by atoms with Gasteiger partial charge in [0.2, 0.25) is 0 Å². The fraction of sp³-hybridized carbons (Fsp3) is 0.500. The first-order valence-electron chi connectivity index (χ1n) is 7.26. The van der Waals surface area contributed by atoms with Crippen molar-refractivity contribution in [2.75, 3.05) is 26.3 Å². The fourth-order valence-corrected chi connectivity index (χ4v) is 2.45. The monoisotopic (exact) mass is 288 g/mol. The fourth-order valence-electron chi connectivity index (χ4n) is 2.45. The minimum atomic E-state index is -0.0628. The highest BCUT2D eigenvalue weighted by molar-refractivity contribution is 5.78. The Morgan fingerprint density at radius 3 is 3.05 bits per heavy atom. The summed E-state index contributed by atoms with van der Waals surface area (Å²) in [5.41, 5.74) is 0.441. The number of nitriles is 1. The molecule has 1 unspecified atom stereocenters. The van der Waals surface area contributed by atoms with Gasteiger partial charge in [0.25, 0.3) is 5.91 Å². The molecule has 5 heteroatoms. The van der Waals surface area contributed by atoms with Crippen molar-refractivity contribution >= 4 is 5.91 Å². The number of hydrogen-bond donors (Lipinski definition) is 0. The van der Waals surface area contributed by atoms with E-state index in [9.17, 15) is 4.79 Å². The van der Waals surface area contributed by atoms with E-state index >= 15 is 0 Å². The lowest BCUT2D eigenvalue weighted by Gasteiger charge is -2.32. The van der Waals surface area contributed by atoms with Crippen LogP contribution in [0.4, 0.5) is 0 Å². The van der Waals surface area contributed by atoms with Gasteiger partial charge in [-0.15, -0.1) is 0 Å². The van der Waals surface area contributed by atoms with E-state index in [1.807, 2.05) is 6.92 Å². The number of nitrogens with zero attached hydrogens (tertiary/aromatic N) is 2. The highest BCUT2D eigenvalue weighted by Gasteiger charge is 2.24. The summed E-state index contributed by atoms with van der Waals surface area (Å²) >= 11 is 0. The predicted octanol–water partition coefficient (Wildman–Crippen LogP) is 1.96. The molecule has 1 amide bonds. The molecule has 0 saturated carbocycles. The number of para-hydroxylation sites is 1. The van der Waals surface area contributed by atoms with E-state index < -0.39 is 0 Å². The van der Waals surface area contributed by atoms with Gasteiger partial charge in [-0.3, -0.25) is 4.79 Å². The zero-order valence-electron chi connectivity index (χ0n) is 12.2. The first-order chi connectivity index (χ1) is 10.2. The molecule has 1 heterocycles. The summed E-state index contributed by atoms with van der Waals surface area (Å²) < 4.78 is 11.1. The lowest BCUT2D eigenvalue weighted by Crippen LogP contribution is -2.45. The number of hydrogen-bond acceptors (Lipinski definition) is 4. The van der Waals surface area contributed by atoms with Crippen molar-refractivity contribution in [1.82, 2.24) is 4.90 Å². The van der Waals surface area contributed by atoms with Crippen molar-refractivity contribution in [3.8, 4) is 11.8 Å². The lowest BCUT2D eigenvalue weighted by molar-refractivity contribution is -0.137. The van der Waals surface area contributed by atoms with Gasteiger partial charge < -0.3 is 14.4 Å². The number of amides is 1. The normalized spacial score (nSPS) is 18.1. The lowest BCUT2D eigenvalue weighted by atomic mass is 10.1. The van der Waals surface area contributed by atoms with Gasteiger partial charge in [-0.2, -0.15) is 5.26 Å². The van der Waals surface area contributed by atoms with Gasteiger partial charge in [-0.25, -0.2) is 0 Å². The second kappa shape index (κ2) is 7.65. The summed E-state index contributed by atoms with van der Waals surface area (Å²) in [6.07, 6.45) is 2.07. The number of carbonyl (C=O) groups is 1. The van der Waals surface area contributed by atoms with E-state index in [1.165, 1.54) is 0 Å². The average Bonchev–Trinajstić information content (AvgIpc) is 2.53. The Balaban J connectivity index is 1.88. The molecule has 112 valence electrons. The van der Waals surface area contributed by atoms with Crippen LogP contribution in [0.15, 0.2) is 24.3 Å². The highest BCUT2D eigenvalue weighted by atomic mass is 16.5. The van der Waals surface area contributed by atoms with Crippen LogP contribution in [-0.4, -0.2) is 43.2 Å². The summed E-state index contributed by atoms with van der Waals surface area (Å²) in [5.74, 6) is 0.388. The molecule has 0 bridgehead atoms. The van der Waals surface area contributed by atoms with Crippen LogP contribution in [0.2, 0.25) is 0 Å². The summed E-state index contributed by atoms with van der Waals surface area (Å²) in [6, 6.07) is 8.98. The number of piperidine rings is 1. The van der Waals surface area contributed by atoms with Crippen LogP contribution in [0.5, 0.6) is 5.75 Å². The van der Waals surface area contributed by atoms with E-state index in [1.54, 1.807) is 29.2 Å². The van der Waals surface area contributed by atoms with Gasteiger partial charge in [0.05, 0.1) is 11.7 Å². The Bertz CT molecular complexity index is 522. The van der Waals surface area contributed by atoms with Gasteiger partial charge in [-0.05, 0) is 31.9 Å². The molecular formula is C16H20N2O3. The van der Waals surface area contributed by atoms with Crippen LogP contribution >= 0.6 is 0 Å². The Hall–Kier alpha value is -2.06. The Labute approximate surface area is 125 Å². The molecular weight excluding hydrogens is 268 g/mol. The quantitative estimate of drug-likeness (QED) is 0.831. The van der Waals surface area contributed by atoms with Crippen LogP contribution in [0.1, 0.15) is 25.3 Å².